The second-order valence-electron chi connectivity index (χ2n) is 1.24. The maximum absolute atomic E-state index is 9.68. The van der Waals surface area contributed by atoms with Gasteiger partial charge >= 0.3 is 29.6 Å². The quantitative estimate of drug-likeness (QED) is 0.297. The Labute approximate surface area is 65.8 Å². The summed E-state index contributed by atoms with van der Waals surface area (Å²) >= 11 is 0. The van der Waals surface area contributed by atoms with Crippen molar-refractivity contribution in [1.29, 1.82) is 0 Å². The van der Waals surface area contributed by atoms with Crippen LogP contribution in [-0.4, -0.2) is 11.4 Å². The molecule has 0 aromatic rings. The maximum atomic E-state index is 9.68. The fourth-order valence-electron chi connectivity index (χ4n) is 0.247. The largest absolute Gasteiger partial charge is 1.00 e. The average Bonchev–Trinajstić information content (AvgIpc) is 1.35. The second-order valence-corrected chi connectivity index (χ2v) is 1.24. The predicted octanol–water partition coefficient (Wildman–Crippen LogP) is -3.53. The summed E-state index contributed by atoms with van der Waals surface area (Å²) in [5.74, 6) is 0. The Bertz CT molecular complexity index is 30.9. The topological polar surface area (TPSA) is 43.3 Å². The smallest absolute Gasteiger partial charge is 0.831 e. The third-order valence-electron chi connectivity index (χ3n) is 0.536. The van der Waals surface area contributed by atoms with E-state index >= 15 is 0 Å². The zero-order chi connectivity index (χ0) is 4.99. The number of hydrogen-bond acceptors (Lipinski definition) is 2. The van der Waals surface area contributed by atoms with Crippen LogP contribution in [0.15, 0.2) is 0 Å². The number of hydrogen-bond donors (Lipinski definition) is 1. The normalized spacial score (nSPS) is 12.4. The second kappa shape index (κ2) is 6.92. The number of aliphatic hydroxyl groups excluding tert-OH is 1. The van der Waals surface area contributed by atoms with Crippen LogP contribution in [-0.2, 0) is 0 Å². The van der Waals surface area contributed by atoms with Crippen LogP contribution < -0.4 is 34.7 Å². The van der Waals surface area contributed by atoms with E-state index in [0.29, 0.717) is 6.42 Å². The van der Waals surface area contributed by atoms with E-state index < -0.39 is 6.29 Å². The third kappa shape index (κ3) is 10.9. The van der Waals surface area contributed by atoms with Gasteiger partial charge in [-0.2, -0.15) is 0 Å². The molecule has 0 aromatic carbocycles. The van der Waals surface area contributed by atoms with Crippen molar-refractivity contribution in [1.82, 2.24) is 0 Å². The van der Waals surface area contributed by atoms with Crippen molar-refractivity contribution >= 4 is 0 Å². The molecule has 0 bridgehead atoms. The van der Waals surface area contributed by atoms with E-state index in [0.717, 1.165) is 6.42 Å². The molecule has 0 radical (unpaired) electrons. The van der Waals surface area contributed by atoms with Crippen molar-refractivity contribution in [3.05, 3.63) is 0 Å². The van der Waals surface area contributed by atoms with Crippen LogP contribution in [0.4, 0.5) is 0 Å². The number of rotatable bonds is 2. The van der Waals surface area contributed by atoms with Crippen LogP contribution in [0.2, 0.25) is 0 Å². The molecule has 0 saturated carbocycles. The zero-order valence-electron chi connectivity index (χ0n) is 4.85. The van der Waals surface area contributed by atoms with Gasteiger partial charge in [0, 0.05) is 0 Å². The molecule has 1 N–H and O–H groups in total. The van der Waals surface area contributed by atoms with E-state index in [-0.39, 0.29) is 29.6 Å². The van der Waals surface area contributed by atoms with Gasteiger partial charge in [0.05, 0.1) is 0 Å². The van der Waals surface area contributed by atoms with Gasteiger partial charge in [0.1, 0.15) is 0 Å². The minimum absolute atomic E-state index is 0. The van der Waals surface area contributed by atoms with E-state index in [2.05, 4.69) is 0 Å². The molecule has 7 heavy (non-hydrogen) atoms. The fourth-order valence-corrected chi connectivity index (χ4v) is 0.247. The molecule has 0 aliphatic carbocycles. The summed E-state index contributed by atoms with van der Waals surface area (Å²) in [6.07, 6.45) is -0.208. The van der Waals surface area contributed by atoms with E-state index in [1.165, 1.54) is 0 Å². The van der Waals surface area contributed by atoms with Crippen molar-refractivity contribution in [2.24, 2.45) is 0 Å². The van der Waals surface area contributed by atoms with Crippen LogP contribution in [0.3, 0.4) is 0 Å². The molecule has 0 rings (SSSR count). The molecule has 2 nitrogen and oxygen atoms in total. The summed E-state index contributed by atoms with van der Waals surface area (Å²) in [5.41, 5.74) is 0. The molecule has 0 aromatic heterocycles. The summed E-state index contributed by atoms with van der Waals surface area (Å²) < 4.78 is 0. The first-order valence-corrected chi connectivity index (χ1v) is 2.11. The van der Waals surface area contributed by atoms with Crippen molar-refractivity contribution in [3.63, 3.8) is 0 Å². The summed E-state index contributed by atoms with van der Waals surface area (Å²) in [7, 11) is 0. The van der Waals surface area contributed by atoms with Crippen molar-refractivity contribution < 1.29 is 39.8 Å². The molecule has 0 aliphatic rings. The van der Waals surface area contributed by atoms with Gasteiger partial charge in [-0.1, -0.05) is 13.3 Å². The third-order valence-corrected chi connectivity index (χ3v) is 0.536. The van der Waals surface area contributed by atoms with E-state index in [1.54, 1.807) is 0 Å². The molecule has 0 heterocycles. The summed E-state index contributed by atoms with van der Waals surface area (Å²) in [4.78, 5) is 0. The summed E-state index contributed by atoms with van der Waals surface area (Å²) in [6, 6.07) is 0. The van der Waals surface area contributed by atoms with E-state index in [1.807, 2.05) is 6.92 Å². The van der Waals surface area contributed by atoms with Gasteiger partial charge in [-0.15, -0.1) is 0 Å². The Morgan fingerprint density at radius 2 is 2.14 bits per heavy atom. The van der Waals surface area contributed by atoms with Crippen LogP contribution >= 0.6 is 0 Å². The Balaban J connectivity index is 0. The fraction of sp³-hybridized carbons (Fsp3) is 1.00. The molecule has 38 valence electrons. The van der Waals surface area contributed by atoms with Crippen molar-refractivity contribution in [2.45, 2.75) is 26.1 Å². The van der Waals surface area contributed by atoms with Crippen LogP contribution in [0.25, 0.3) is 0 Å². The number of aliphatic hydroxyl groups is 1. The Kier molecular flexibility index (Phi) is 10.7. The molecule has 1 unspecified atom stereocenters. The molecule has 0 fully saturated rings. The van der Waals surface area contributed by atoms with Crippen LogP contribution in [0.1, 0.15) is 19.8 Å². The minimum atomic E-state index is -1.35. The molecule has 0 saturated heterocycles. The molecule has 0 aliphatic heterocycles. The maximum Gasteiger partial charge on any atom is 1.00 e. The van der Waals surface area contributed by atoms with Crippen molar-refractivity contribution in [2.75, 3.05) is 0 Å². The molecule has 0 amide bonds. The standard InChI is InChI=1S/C4H9O2.Na/c1-2-3-4(5)6;/h4-5H,2-3H2,1H3;/q-1;+1. The first-order chi connectivity index (χ1) is 2.77. The Morgan fingerprint density at radius 1 is 1.71 bits per heavy atom. The first kappa shape index (κ1) is 10.8. The van der Waals surface area contributed by atoms with Gasteiger partial charge in [-0.05, 0) is 12.7 Å². The molecule has 3 heteroatoms. The summed E-state index contributed by atoms with van der Waals surface area (Å²) in [6.45, 7) is 1.86. The van der Waals surface area contributed by atoms with Gasteiger partial charge in [0.2, 0.25) is 0 Å². The van der Waals surface area contributed by atoms with Crippen molar-refractivity contribution in [3.8, 4) is 0 Å². The monoisotopic (exact) mass is 112 g/mol. The van der Waals surface area contributed by atoms with Gasteiger partial charge < -0.3 is 10.2 Å². The van der Waals surface area contributed by atoms with Crippen LogP contribution in [0.5, 0.6) is 0 Å². The molecule has 1 atom stereocenters. The van der Waals surface area contributed by atoms with E-state index in [4.69, 9.17) is 5.11 Å². The minimum Gasteiger partial charge on any atom is -0.831 e. The Hall–Kier alpha value is 0.920. The Morgan fingerprint density at radius 3 is 2.14 bits per heavy atom. The first-order valence-electron chi connectivity index (χ1n) is 2.11. The van der Waals surface area contributed by atoms with Gasteiger partial charge in [-0.3, -0.25) is 0 Å². The molecule has 0 spiro atoms. The zero-order valence-corrected chi connectivity index (χ0v) is 6.85. The average molecular weight is 112 g/mol. The van der Waals surface area contributed by atoms with Crippen LogP contribution in [0, 0.1) is 0 Å². The molecular formula is C4H9NaO2. The van der Waals surface area contributed by atoms with Gasteiger partial charge in [0.15, 0.2) is 0 Å². The molecular weight excluding hydrogens is 103 g/mol. The predicted molar refractivity (Wildman–Crippen MR) is 20.9 cm³/mol. The SMILES string of the molecule is CCCC([O-])O.[Na+]. The summed E-state index contributed by atoms with van der Waals surface area (Å²) in [5, 5.41) is 17.7. The van der Waals surface area contributed by atoms with E-state index in [9.17, 15) is 5.11 Å². The van der Waals surface area contributed by atoms with Gasteiger partial charge in [0.25, 0.3) is 0 Å². The van der Waals surface area contributed by atoms with Gasteiger partial charge in [-0.25, -0.2) is 0 Å².